The molecule has 3 heterocycles. The summed E-state index contributed by atoms with van der Waals surface area (Å²) >= 11 is 1.75. The molecule has 4 nitrogen and oxygen atoms in total. The van der Waals surface area contributed by atoms with Gasteiger partial charge in [0.25, 0.3) is 0 Å². The first kappa shape index (κ1) is 19.3. The van der Waals surface area contributed by atoms with Gasteiger partial charge in [0, 0.05) is 18.0 Å². The van der Waals surface area contributed by atoms with E-state index in [1.807, 2.05) is 20.0 Å². The fourth-order valence-electron chi connectivity index (χ4n) is 3.03. The Kier molecular flexibility index (Phi) is 7.27. The lowest BCUT2D eigenvalue weighted by Crippen LogP contribution is -2.29. The first-order valence-corrected chi connectivity index (χ1v) is 10.0. The summed E-state index contributed by atoms with van der Waals surface area (Å²) in [5.74, 6) is 0. The number of thiophene rings is 1. The van der Waals surface area contributed by atoms with Crippen LogP contribution in [0, 0.1) is 18.3 Å². The highest BCUT2D eigenvalue weighted by Crippen LogP contribution is 2.32. The highest BCUT2D eigenvalue weighted by atomic mass is 32.1. The van der Waals surface area contributed by atoms with Crippen molar-refractivity contribution in [1.82, 2.24) is 4.98 Å². The number of anilines is 3. The van der Waals surface area contributed by atoms with Crippen LogP contribution < -0.4 is 10.2 Å². The van der Waals surface area contributed by atoms with Crippen LogP contribution in [0.5, 0.6) is 0 Å². The number of piperidine rings is 1. The van der Waals surface area contributed by atoms with Crippen molar-refractivity contribution in [1.29, 1.82) is 5.26 Å². The first-order valence-electron chi connectivity index (χ1n) is 9.22. The second-order valence-electron chi connectivity index (χ2n) is 5.94. The predicted octanol–water partition coefficient (Wildman–Crippen LogP) is 5.65. The van der Waals surface area contributed by atoms with E-state index in [4.69, 9.17) is 0 Å². The van der Waals surface area contributed by atoms with Crippen LogP contribution in [0.15, 0.2) is 18.3 Å². The van der Waals surface area contributed by atoms with Crippen LogP contribution in [0.1, 0.15) is 56.2 Å². The molecule has 1 saturated heterocycles. The summed E-state index contributed by atoms with van der Waals surface area (Å²) in [5, 5.41) is 13.8. The van der Waals surface area contributed by atoms with E-state index in [-0.39, 0.29) is 0 Å². The molecule has 2 aromatic heterocycles. The molecule has 0 bridgehead atoms. The molecular weight excluding hydrogens is 328 g/mol. The fraction of sp³-hybridized carbons (Fsp3) is 0.500. The predicted molar refractivity (Wildman–Crippen MR) is 108 cm³/mol. The summed E-state index contributed by atoms with van der Waals surface area (Å²) in [6, 6.07) is 6.41. The molecular formula is C20H28N4S. The molecule has 134 valence electrons. The van der Waals surface area contributed by atoms with E-state index in [1.165, 1.54) is 29.7 Å². The number of rotatable bonds is 4. The van der Waals surface area contributed by atoms with Gasteiger partial charge in [-0.05, 0) is 50.3 Å². The van der Waals surface area contributed by atoms with Gasteiger partial charge in [0.2, 0.25) is 0 Å². The Morgan fingerprint density at radius 2 is 1.96 bits per heavy atom. The average molecular weight is 357 g/mol. The van der Waals surface area contributed by atoms with Crippen molar-refractivity contribution >= 4 is 27.7 Å². The molecule has 0 radical (unpaired) electrons. The molecule has 1 aliphatic rings. The lowest BCUT2D eigenvalue weighted by Gasteiger charge is -2.28. The summed E-state index contributed by atoms with van der Waals surface area (Å²) in [6.45, 7) is 10.5. The van der Waals surface area contributed by atoms with Crippen LogP contribution in [0.4, 0.5) is 16.4 Å². The molecule has 0 unspecified atom stereocenters. The topological polar surface area (TPSA) is 52.0 Å². The number of nitriles is 1. The lowest BCUT2D eigenvalue weighted by atomic mass is 10.1. The molecule has 1 N–H and O–H groups in total. The minimum Gasteiger partial charge on any atom is -0.370 e. The molecule has 1 fully saturated rings. The summed E-state index contributed by atoms with van der Waals surface area (Å²) in [7, 11) is 0. The van der Waals surface area contributed by atoms with Gasteiger partial charge in [-0.2, -0.15) is 5.26 Å². The zero-order valence-corrected chi connectivity index (χ0v) is 16.5. The van der Waals surface area contributed by atoms with E-state index in [1.54, 1.807) is 11.3 Å². The largest absolute Gasteiger partial charge is 0.370 e. The van der Waals surface area contributed by atoms with E-state index in [9.17, 15) is 5.26 Å². The van der Waals surface area contributed by atoms with E-state index < -0.39 is 0 Å². The Morgan fingerprint density at radius 1 is 1.24 bits per heavy atom. The first-order chi connectivity index (χ1) is 12.2. The van der Waals surface area contributed by atoms with E-state index in [2.05, 4.69) is 47.3 Å². The number of aromatic nitrogens is 1. The second kappa shape index (κ2) is 9.43. The number of hydrogen-bond donors (Lipinski definition) is 1. The molecule has 0 atom stereocenters. The van der Waals surface area contributed by atoms with E-state index >= 15 is 0 Å². The van der Waals surface area contributed by atoms with Crippen LogP contribution in [-0.4, -0.2) is 18.1 Å². The molecule has 0 amide bonds. The second-order valence-corrected chi connectivity index (χ2v) is 7.08. The number of nitrogens with one attached hydrogen (secondary N) is 1. The SMILES string of the molecule is CC.CCc1sc(Nc2cc(N3CCCCC3)cnc2C#N)cc1C. The maximum atomic E-state index is 9.34. The van der Waals surface area contributed by atoms with Crippen LogP contribution in [0.3, 0.4) is 0 Å². The van der Waals surface area contributed by atoms with Crippen LogP contribution in [-0.2, 0) is 6.42 Å². The molecule has 25 heavy (non-hydrogen) atoms. The Balaban J connectivity index is 0.00000109. The Morgan fingerprint density at radius 3 is 2.56 bits per heavy atom. The molecule has 0 spiro atoms. The van der Waals surface area contributed by atoms with Gasteiger partial charge in [-0.1, -0.05) is 20.8 Å². The van der Waals surface area contributed by atoms with Crippen molar-refractivity contribution in [3.63, 3.8) is 0 Å². The lowest BCUT2D eigenvalue weighted by molar-refractivity contribution is 0.577. The molecule has 0 aliphatic carbocycles. The number of hydrogen-bond acceptors (Lipinski definition) is 5. The van der Waals surface area contributed by atoms with Crippen molar-refractivity contribution < 1.29 is 0 Å². The highest BCUT2D eigenvalue weighted by molar-refractivity contribution is 7.16. The Bertz CT molecular complexity index is 724. The maximum absolute atomic E-state index is 9.34. The van der Waals surface area contributed by atoms with Crippen LogP contribution in [0.25, 0.3) is 0 Å². The Hall–Kier alpha value is -2.06. The van der Waals surface area contributed by atoms with Gasteiger partial charge in [0.1, 0.15) is 6.07 Å². The molecule has 0 aromatic carbocycles. The zero-order valence-electron chi connectivity index (χ0n) is 15.7. The summed E-state index contributed by atoms with van der Waals surface area (Å²) in [5.41, 5.74) is 3.67. The third-order valence-corrected chi connectivity index (χ3v) is 5.60. The molecule has 3 rings (SSSR count). The normalized spacial score (nSPS) is 13.6. The molecule has 5 heteroatoms. The quantitative estimate of drug-likeness (QED) is 0.769. The summed E-state index contributed by atoms with van der Waals surface area (Å²) in [4.78, 5) is 8.10. The molecule has 2 aromatic rings. The van der Waals surface area contributed by atoms with Crippen molar-refractivity contribution in [2.45, 2.75) is 53.4 Å². The molecule has 1 aliphatic heterocycles. The number of nitrogens with zero attached hydrogens (tertiary/aromatic N) is 3. The van der Waals surface area contributed by atoms with Crippen LogP contribution in [0.2, 0.25) is 0 Å². The standard InChI is InChI=1S/C18H22N4S.C2H6/c1-3-17-13(2)9-18(23-17)21-15-10-14(12-20-16(15)11-19)22-7-5-4-6-8-22;1-2/h9-10,12,21H,3-8H2,1-2H3;1-2H3. The smallest absolute Gasteiger partial charge is 0.164 e. The van der Waals surface area contributed by atoms with Gasteiger partial charge in [-0.15, -0.1) is 11.3 Å². The van der Waals surface area contributed by atoms with Gasteiger partial charge in [-0.25, -0.2) is 4.98 Å². The van der Waals surface area contributed by atoms with Crippen molar-refractivity contribution in [2.24, 2.45) is 0 Å². The van der Waals surface area contributed by atoms with Crippen LogP contribution >= 0.6 is 11.3 Å². The third-order valence-electron chi connectivity index (χ3n) is 4.30. The van der Waals surface area contributed by atoms with Crippen molar-refractivity contribution in [2.75, 3.05) is 23.3 Å². The van der Waals surface area contributed by atoms with Gasteiger partial charge in [0.15, 0.2) is 5.69 Å². The Labute approximate surface area is 155 Å². The third kappa shape index (κ3) is 4.73. The van der Waals surface area contributed by atoms with Gasteiger partial charge in [-0.3, -0.25) is 0 Å². The minimum atomic E-state index is 0.454. The van der Waals surface area contributed by atoms with Gasteiger partial charge >= 0.3 is 0 Å². The summed E-state index contributed by atoms with van der Waals surface area (Å²) in [6.07, 6.45) is 6.63. The summed E-state index contributed by atoms with van der Waals surface area (Å²) < 4.78 is 0. The molecule has 0 saturated carbocycles. The van der Waals surface area contributed by atoms with Crippen molar-refractivity contribution in [3.05, 3.63) is 34.5 Å². The average Bonchev–Trinajstić information content (AvgIpc) is 3.03. The number of aryl methyl sites for hydroxylation is 2. The number of pyridine rings is 1. The monoisotopic (exact) mass is 356 g/mol. The highest BCUT2D eigenvalue weighted by Gasteiger charge is 2.14. The van der Waals surface area contributed by atoms with E-state index in [0.29, 0.717) is 5.69 Å². The van der Waals surface area contributed by atoms with Crippen molar-refractivity contribution in [3.8, 4) is 6.07 Å². The zero-order chi connectivity index (χ0) is 18.2. The fourth-order valence-corrected chi connectivity index (χ4v) is 4.05. The van der Waals surface area contributed by atoms with Gasteiger partial charge in [0.05, 0.1) is 22.6 Å². The minimum absolute atomic E-state index is 0.454. The van der Waals surface area contributed by atoms with E-state index in [0.717, 1.165) is 35.9 Å². The maximum Gasteiger partial charge on any atom is 0.164 e. The van der Waals surface area contributed by atoms with Gasteiger partial charge < -0.3 is 10.2 Å².